The summed E-state index contributed by atoms with van der Waals surface area (Å²) in [5, 5.41) is 3.18. The van der Waals surface area contributed by atoms with Crippen LogP contribution in [0.25, 0.3) is 0 Å². The third-order valence-corrected chi connectivity index (χ3v) is 4.16. The van der Waals surface area contributed by atoms with E-state index < -0.39 is 0 Å². The fourth-order valence-electron chi connectivity index (χ4n) is 2.97. The molecule has 5 nitrogen and oxygen atoms in total. The van der Waals surface area contributed by atoms with Gasteiger partial charge in [-0.3, -0.25) is 9.89 Å². The van der Waals surface area contributed by atoms with Crippen LogP contribution in [0.15, 0.2) is 4.99 Å². The maximum atomic E-state index is 5.92. The van der Waals surface area contributed by atoms with Crippen molar-refractivity contribution < 1.29 is 4.74 Å². The highest BCUT2D eigenvalue weighted by Gasteiger charge is 2.20. The topological polar surface area (TPSA) is 62.9 Å². The van der Waals surface area contributed by atoms with Crippen molar-refractivity contribution in [3.63, 3.8) is 0 Å². The second kappa shape index (κ2) is 7.70. The third-order valence-electron chi connectivity index (χ3n) is 4.16. The zero-order chi connectivity index (χ0) is 13.5. The number of guanidine groups is 1. The molecule has 2 aliphatic heterocycles. The smallest absolute Gasteiger partial charge is 0.188 e. The zero-order valence-electron chi connectivity index (χ0n) is 12.1. The first kappa shape index (κ1) is 14.6. The van der Waals surface area contributed by atoms with Gasteiger partial charge in [0.15, 0.2) is 5.96 Å². The number of aliphatic imine (C=N–C) groups is 1. The number of likely N-dealkylation sites (N-methyl/N-ethyl adjacent to an activating group) is 1. The molecular formula is C14H28N4O. The molecule has 5 heteroatoms. The molecule has 0 aliphatic carbocycles. The minimum absolute atomic E-state index is 0.315. The normalized spacial score (nSPS) is 29.6. The Morgan fingerprint density at radius 1 is 1.37 bits per heavy atom. The summed E-state index contributed by atoms with van der Waals surface area (Å²) in [6, 6.07) is 0.571. The van der Waals surface area contributed by atoms with Crippen molar-refractivity contribution >= 4 is 5.96 Å². The summed E-state index contributed by atoms with van der Waals surface area (Å²) < 4.78 is 5.55. The molecule has 0 spiro atoms. The lowest BCUT2D eigenvalue weighted by molar-refractivity contribution is 0.114. The lowest BCUT2D eigenvalue weighted by Crippen LogP contribution is -2.43. The van der Waals surface area contributed by atoms with Crippen LogP contribution < -0.4 is 11.1 Å². The summed E-state index contributed by atoms with van der Waals surface area (Å²) in [5.74, 6) is 0.567. The highest BCUT2D eigenvalue weighted by atomic mass is 16.5. The van der Waals surface area contributed by atoms with Gasteiger partial charge in [-0.2, -0.15) is 0 Å². The molecule has 2 fully saturated rings. The number of rotatable bonds is 5. The number of ether oxygens (including phenoxy) is 1. The van der Waals surface area contributed by atoms with Crippen LogP contribution in [0.4, 0.5) is 0 Å². The molecule has 0 aromatic carbocycles. The minimum atomic E-state index is 0.315. The fourth-order valence-corrected chi connectivity index (χ4v) is 2.97. The summed E-state index contributed by atoms with van der Waals surface area (Å²) in [6.45, 7) is 7.04. The van der Waals surface area contributed by atoms with Crippen LogP contribution in [0.1, 0.15) is 39.0 Å². The molecule has 0 bridgehead atoms. The van der Waals surface area contributed by atoms with Gasteiger partial charge < -0.3 is 15.8 Å². The quantitative estimate of drug-likeness (QED) is 0.575. The number of piperidine rings is 1. The number of hydrogen-bond donors (Lipinski definition) is 2. The molecule has 0 amide bonds. The SMILES string of the molecule is CCN1CCCCC1CN=C(N)NCC1CCCO1. The van der Waals surface area contributed by atoms with Gasteiger partial charge in [0.2, 0.25) is 0 Å². The monoisotopic (exact) mass is 268 g/mol. The summed E-state index contributed by atoms with van der Waals surface area (Å²) in [6.07, 6.45) is 6.50. The van der Waals surface area contributed by atoms with E-state index in [9.17, 15) is 0 Å². The van der Waals surface area contributed by atoms with Gasteiger partial charge in [0.1, 0.15) is 0 Å². The van der Waals surface area contributed by atoms with E-state index in [1.807, 2.05) is 0 Å². The molecule has 2 atom stereocenters. The van der Waals surface area contributed by atoms with Gasteiger partial charge in [0.05, 0.1) is 12.6 Å². The first-order valence-corrected chi connectivity index (χ1v) is 7.69. The van der Waals surface area contributed by atoms with Gasteiger partial charge in [-0.1, -0.05) is 13.3 Å². The van der Waals surface area contributed by atoms with Crippen LogP contribution in [0, 0.1) is 0 Å². The van der Waals surface area contributed by atoms with E-state index in [4.69, 9.17) is 10.5 Å². The zero-order valence-corrected chi connectivity index (χ0v) is 12.1. The maximum absolute atomic E-state index is 5.92. The average molecular weight is 268 g/mol. The predicted octanol–water partition coefficient (Wildman–Crippen LogP) is 0.944. The number of hydrogen-bond acceptors (Lipinski definition) is 3. The van der Waals surface area contributed by atoms with E-state index in [0.29, 0.717) is 18.1 Å². The molecule has 2 rings (SSSR count). The van der Waals surface area contributed by atoms with Gasteiger partial charge in [-0.05, 0) is 38.8 Å². The fraction of sp³-hybridized carbons (Fsp3) is 0.929. The Labute approximate surface area is 116 Å². The van der Waals surface area contributed by atoms with Crippen molar-refractivity contribution in [3.8, 4) is 0 Å². The number of nitrogens with two attached hydrogens (primary N) is 1. The number of nitrogens with one attached hydrogen (secondary N) is 1. The van der Waals surface area contributed by atoms with Crippen molar-refractivity contribution in [1.82, 2.24) is 10.2 Å². The molecule has 19 heavy (non-hydrogen) atoms. The molecular weight excluding hydrogens is 240 g/mol. The van der Waals surface area contributed by atoms with Gasteiger partial charge in [-0.15, -0.1) is 0 Å². The van der Waals surface area contributed by atoms with Crippen LogP contribution in [0.5, 0.6) is 0 Å². The van der Waals surface area contributed by atoms with Crippen molar-refractivity contribution in [2.75, 3.05) is 32.8 Å². The van der Waals surface area contributed by atoms with Crippen molar-refractivity contribution in [3.05, 3.63) is 0 Å². The van der Waals surface area contributed by atoms with E-state index in [0.717, 1.165) is 39.1 Å². The first-order chi connectivity index (χ1) is 9.29. The molecule has 2 saturated heterocycles. The molecule has 0 aromatic heterocycles. The molecule has 110 valence electrons. The Morgan fingerprint density at radius 3 is 3.00 bits per heavy atom. The lowest BCUT2D eigenvalue weighted by atomic mass is 10.0. The lowest BCUT2D eigenvalue weighted by Gasteiger charge is -2.33. The van der Waals surface area contributed by atoms with Crippen molar-refractivity contribution in [1.29, 1.82) is 0 Å². The molecule has 2 unspecified atom stereocenters. The van der Waals surface area contributed by atoms with E-state index in [-0.39, 0.29) is 0 Å². The third kappa shape index (κ3) is 4.66. The van der Waals surface area contributed by atoms with Crippen LogP contribution in [0.3, 0.4) is 0 Å². The Morgan fingerprint density at radius 2 is 2.26 bits per heavy atom. The van der Waals surface area contributed by atoms with E-state index >= 15 is 0 Å². The Bertz CT molecular complexity index is 289. The Balaban J connectivity index is 1.70. The van der Waals surface area contributed by atoms with Crippen LogP contribution >= 0.6 is 0 Å². The van der Waals surface area contributed by atoms with Crippen LogP contribution in [-0.2, 0) is 4.74 Å². The summed E-state index contributed by atoms with van der Waals surface area (Å²) in [4.78, 5) is 7.01. The molecule has 2 aliphatic rings. The maximum Gasteiger partial charge on any atom is 0.188 e. The van der Waals surface area contributed by atoms with E-state index in [1.54, 1.807) is 0 Å². The molecule has 0 aromatic rings. The summed E-state index contributed by atoms with van der Waals surface area (Å²) in [5.41, 5.74) is 5.92. The largest absolute Gasteiger partial charge is 0.376 e. The van der Waals surface area contributed by atoms with Gasteiger partial charge >= 0.3 is 0 Å². The summed E-state index contributed by atoms with van der Waals surface area (Å²) >= 11 is 0. The highest BCUT2D eigenvalue weighted by molar-refractivity contribution is 5.77. The van der Waals surface area contributed by atoms with Crippen LogP contribution in [-0.4, -0.2) is 55.8 Å². The van der Waals surface area contributed by atoms with E-state index in [1.165, 1.54) is 25.8 Å². The molecule has 0 saturated carbocycles. The minimum Gasteiger partial charge on any atom is -0.376 e. The predicted molar refractivity (Wildman–Crippen MR) is 78.4 cm³/mol. The Kier molecular flexibility index (Phi) is 5.92. The Hall–Kier alpha value is -0.810. The van der Waals surface area contributed by atoms with Crippen LogP contribution in [0.2, 0.25) is 0 Å². The second-order valence-corrected chi connectivity index (χ2v) is 5.52. The van der Waals surface area contributed by atoms with Crippen molar-refractivity contribution in [2.45, 2.75) is 51.2 Å². The average Bonchev–Trinajstić information content (AvgIpc) is 2.96. The highest BCUT2D eigenvalue weighted by Crippen LogP contribution is 2.16. The van der Waals surface area contributed by atoms with Gasteiger partial charge in [-0.25, -0.2) is 0 Å². The molecule has 2 heterocycles. The molecule has 0 radical (unpaired) electrons. The summed E-state index contributed by atoms with van der Waals surface area (Å²) in [7, 11) is 0. The van der Waals surface area contributed by atoms with Crippen molar-refractivity contribution in [2.24, 2.45) is 10.7 Å². The van der Waals surface area contributed by atoms with E-state index in [2.05, 4.69) is 22.1 Å². The first-order valence-electron chi connectivity index (χ1n) is 7.69. The number of likely N-dealkylation sites (tertiary alicyclic amines) is 1. The standard InChI is InChI=1S/C14H28N4O/c1-2-18-8-4-3-6-12(18)10-16-14(15)17-11-13-7-5-9-19-13/h12-13H,2-11H2,1H3,(H3,15,16,17). The molecule has 3 N–H and O–H groups in total. The van der Waals surface area contributed by atoms with Gasteiger partial charge in [0.25, 0.3) is 0 Å². The second-order valence-electron chi connectivity index (χ2n) is 5.52. The van der Waals surface area contributed by atoms with Gasteiger partial charge in [0, 0.05) is 19.2 Å². The number of nitrogens with zero attached hydrogens (tertiary/aromatic N) is 2.